The van der Waals surface area contributed by atoms with Crippen molar-refractivity contribution in [1.29, 1.82) is 0 Å². The Morgan fingerprint density at radius 2 is 1.75 bits per heavy atom. The molecule has 1 nitrogen and oxygen atoms in total. The summed E-state index contributed by atoms with van der Waals surface area (Å²) in [7, 11) is 0. The molecule has 1 saturated carbocycles. The normalized spacial score (nSPS) is 17.9. The zero-order valence-corrected chi connectivity index (χ0v) is 10.5. The standard InChI is InChI=1S/C15H23N/c1-15(2,14-10-4-3-5-11-14)16-12-13-8-6-7-9-13/h3-5,10-11,13,16H,6-9,12H2,1-2H3. The van der Waals surface area contributed by atoms with Gasteiger partial charge in [-0.25, -0.2) is 0 Å². The molecule has 1 heteroatoms. The van der Waals surface area contributed by atoms with Crippen LogP contribution in [0.3, 0.4) is 0 Å². The van der Waals surface area contributed by atoms with Crippen LogP contribution in [0, 0.1) is 5.92 Å². The average molecular weight is 217 g/mol. The zero-order chi connectivity index (χ0) is 11.4. The van der Waals surface area contributed by atoms with Gasteiger partial charge >= 0.3 is 0 Å². The molecule has 0 amide bonds. The highest BCUT2D eigenvalue weighted by Crippen LogP contribution is 2.26. The predicted molar refractivity (Wildman–Crippen MR) is 69.4 cm³/mol. The molecule has 0 spiro atoms. The topological polar surface area (TPSA) is 12.0 Å². The van der Waals surface area contributed by atoms with E-state index < -0.39 is 0 Å². The van der Waals surface area contributed by atoms with Crippen molar-refractivity contribution in [3.05, 3.63) is 35.9 Å². The Bertz CT molecular complexity index is 309. The molecule has 1 aliphatic rings. The van der Waals surface area contributed by atoms with E-state index in [1.54, 1.807) is 0 Å². The maximum atomic E-state index is 3.72. The predicted octanol–water partition coefficient (Wildman–Crippen LogP) is 3.70. The number of benzene rings is 1. The molecular formula is C15H23N. The van der Waals surface area contributed by atoms with E-state index in [4.69, 9.17) is 0 Å². The van der Waals surface area contributed by atoms with Crippen molar-refractivity contribution >= 4 is 0 Å². The third kappa shape index (κ3) is 2.85. The van der Waals surface area contributed by atoms with Gasteiger partial charge in [0.2, 0.25) is 0 Å². The number of nitrogens with one attached hydrogen (secondary N) is 1. The lowest BCUT2D eigenvalue weighted by Crippen LogP contribution is -2.39. The fourth-order valence-electron chi connectivity index (χ4n) is 2.57. The van der Waals surface area contributed by atoms with E-state index in [9.17, 15) is 0 Å². The SMILES string of the molecule is CC(C)(NCC1CCCC1)c1ccccc1. The molecule has 0 aromatic heterocycles. The minimum absolute atomic E-state index is 0.101. The third-order valence-electron chi connectivity index (χ3n) is 3.80. The van der Waals surface area contributed by atoms with E-state index >= 15 is 0 Å². The molecule has 0 bridgehead atoms. The zero-order valence-electron chi connectivity index (χ0n) is 10.5. The van der Waals surface area contributed by atoms with Crippen molar-refractivity contribution in [3.8, 4) is 0 Å². The molecule has 0 saturated heterocycles. The third-order valence-corrected chi connectivity index (χ3v) is 3.80. The Kier molecular flexibility index (Phi) is 3.65. The van der Waals surface area contributed by atoms with Crippen LogP contribution in [0.1, 0.15) is 45.1 Å². The summed E-state index contributed by atoms with van der Waals surface area (Å²) in [6, 6.07) is 10.7. The van der Waals surface area contributed by atoms with Gasteiger partial charge in [0.05, 0.1) is 0 Å². The molecule has 88 valence electrons. The van der Waals surface area contributed by atoms with Crippen molar-refractivity contribution < 1.29 is 0 Å². The van der Waals surface area contributed by atoms with Gasteiger partial charge in [0.15, 0.2) is 0 Å². The summed E-state index contributed by atoms with van der Waals surface area (Å²) >= 11 is 0. The summed E-state index contributed by atoms with van der Waals surface area (Å²) in [4.78, 5) is 0. The summed E-state index contributed by atoms with van der Waals surface area (Å²) in [5.41, 5.74) is 1.48. The quantitative estimate of drug-likeness (QED) is 0.811. The molecule has 16 heavy (non-hydrogen) atoms. The van der Waals surface area contributed by atoms with Crippen molar-refractivity contribution in [3.63, 3.8) is 0 Å². The van der Waals surface area contributed by atoms with E-state index in [1.165, 1.54) is 37.8 Å². The maximum Gasteiger partial charge on any atom is 0.0377 e. The molecule has 1 fully saturated rings. The van der Waals surface area contributed by atoms with Crippen LogP contribution < -0.4 is 5.32 Å². The highest BCUT2D eigenvalue weighted by Gasteiger charge is 2.22. The highest BCUT2D eigenvalue weighted by molar-refractivity contribution is 5.22. The van der Waals surface area contributed by atoms with Crippen molar-refractivity contribution in [2.24, 2.45) is 5.92 Å². The lowest BCUT2D eigenvalue weighted by Gasteiger charge is -2.28. The molecule has 2 rings (SSSR count). The Balaban J connectivity index is 1.92. The first-order chi connectivity index (χ1) is 7.68. The smallest absolute Gasteiger partial charge is 0.0377 e. The fraction of sp³-hybridized carbons (Fsp3) is 0.600. The lowest BCUT2D eigenvalue weighted by atomic mass is 9.93. The Labute approximate surface area is 99.3 Å². The molecule has 0 unspecified atom stereocenters. The van der Waals surface area contributed by atoms with E-state index in [2.05, 4.69) is 49.5 Å². The van der Waals surface area contributed by atoms with Gasteiger partial charge in [0.1, 0.15) is 0 Å². The molecule has 0 radical (unpaired) electrons. The first-order valence-corrected chi connectivity index (χ1v) is 6.49. The average Bonchev–Trinajstić information content (AvgIpc) is 2.81. The van der Waals surface area contributed by atoms with Crippen LogP contribution in [0.5, 0.6) is 0 Å². The molecule has 1 N–H and O–H groups in total. The molecule has 1 aliphatic carbocycles. The fourth-order valence-corrected chi connectivity index (χ4v) is 2.57. The van der Waals surface area contributed by atoms with Gasteiger partial charge in [-0.1, -0.05) is 43.2 Å². The summed E-state index contributed by atoms with van der Waals surface area (Å²) in [5.74, 6) is 0.906. The molecule has 0 atom stereocenters. The first kappa shape index (κ1) is 11.7. The Hall–Kier alpha value is -0.820. The molecule has 0 heterocycles. The van der Waals surface area contributed by atoms with Crippen LogP contribution in [-0.2, 0) is 5.54 Å². The second-order valence-corrected chi connectivity index (χ2v) is 5.52. The van der Waals surface area contributed by atoms with Gasteiger partial charge in [-0.2, -0.15) is 0 Å². The number of rotatable bonds is 4. The second-order valence-electron chi connectivity index (χ2n) is 5.52. The van der Waals surface area contributed by atoms with Crippen LogP contribution in [0.15, 0.2) is 30.3 Å². The molecule has 0 aliphatic heterocycles. The van der Waals surface area contributed by atoms with E-state index in [0.717, 1.165) is 5.92 Å². The van der Waals surface area contributed by atoms with Crippen molar-refractivity contribution in [2.75, 3.05) is 6.54 Å². The van der Waals surface area contributed by atoms with Gasteiger partial charge in [-0.3, -0.25) is 0 Å². The molecule has 1 aromatic rings. The van der Waals surface area contributed by atoms with Crippen molar-refractivity contribution in [2.45, 2.75) is 45.1 Å². The number of hydrogen-bond donors (Lipinski definition) is 1. The van der Waals surface area contributed by atoms with Crippen LogP contribution in [0.25, 0.3) is 0 Å². The van der Waals surface area contributed by atoms with E-state index in [0.29, 0.717) is 0 Å². The summed E-state index contributed by atoms with van der Waals surface area (Å²) in [5, 5.41) is 3.72. The molecule has 1 aromatic carbocycles. The number of hydrogen-bond acceptors (Lipinski definition) is 1. The second kappa shape index (κ2) is 5.01. The minimum atomic E-state index is 0.101. The van der Waals surface area contributed by atoms with Gasteiger partial charge in [0.25, 0.3) is 0 Å². The summed E-state index contributed by atoms with van der Waals surface area (Å²) < 4.78 is 0. The van der Waals surface area contributed by atoms with Crippen LogP contribution in [0.2, 0.25) is 0 Å². The maximum absolute atomic E-state index is 3.72. The van der Waals surface area contributed by atoms with Gasteiger partial charge in [-0.15, -0.1) is 0 Å². The van der Waals surface area contributed by atoms with Crippen LogP contribution in [0.4, 0.5) is 0 Å². The van der Waals surface area contributed by atoms with E-state index in [1.807, 2.05) is 0 Å². The van der Waals surface area contributed by atoms with Gasteiger partial charge < -0.3 is 5.32 Å². The Morgan fingerprint density at radius 3 is 2.38 bits per heavy atom. The molecular weight excluding hydrogens is 194 g/mol. The van der Waals surface area contributed by atoms with Crippen molar-refractivity contribution in [1.82, 2.24) is 5.32 Å². The van der Waals surface area contributed by atoms with Crippen LogP contribution in [-0.4, -0.2) is 6.54 Å². The highest BCUT2D eigenvalue weighted by atomic mass is 15.0. The monoisotopic (exact) mass is 217 g/mol. The van der Waals surface area contributed by atoms with Gasteiger partial charge in [0, 0.05) is 5.54 Å². The summed E-state index contributed by atoms with van der Waals surface area (Å²) in [6.07, 6.45) is 5.69. The van der Waals surface area contributed by atoms with E-state index in [-0.39, 0.29) is 5.54 Å². The van der Waals surface area contributed by atoms with Crippen LogP contribution >= 0.6 is 0 Å². The lowest BCUT2D eigenvalue weighted by molar-refractivity contribution is 0.357. The van der Waals surface area contributed by atoms with Gasteiger partial charge in [-0.05, 0) is 44.7 Å². The first-order valence-electron chi connectivity index (χ1n) is 6.49. The Morgan fingerprint density at radius 1 is 1.12 bits per heavy atom. The minimum Gasteiger partial charge on any atom is -0.308 e. The largest absolute Gasteiger partial charge is 0.308 e. The summed E-state index contributed by atoms with van der Waals surface area (Å²) in [6.45, 7) is 5.72.